The minimum absolute atomic E-state index is 0.0751. The molecule has 210 valence electrons. The molecule has 2 N–H and O–H groups in total. The van der Waals surface area contributed by atoms with Crippen molar-refractivity contribution in [1.82, 2.24) is 19.8 Å². The number of methoxy groups -OCH3 is 1. The third kappa shape index (κ3) is 6.61. The maximum Gasteiger partial charge on any atom is 0.272 e. The second-order valence-electron chi connectivity index (χ2n) is 9.08. The molecule has 1 aromatic heterocycles. The number of hydrogen-bond donors (Lipinski definition) is 2. The summed E-state index contributed by atoms with van der Waals surface area (Å²) in [5.41, 5.74) is 2.46. The first-order valence-corrected chi connectivity index (χ1v) is 13.8. The van der Waals surface area contributed by atoms with Crippen LogP contribution in [0.2, 0.25) is 0 Å². The zero-order valence-electron chi connectivity index (χ0n) is 22.8. The number of ether oxygens (including phenoxy) is 2. The fraction of sp³-hybridized carbons (Fsp3) is 0.385. The van der Waals surface area contributed by atoms with E-state index in [0.29, 0.717) is 24.3 Å². The minimum Gasteiger partial charge on any atom is -0.437 e. The molecule has 12 nitrogen and oxygen atoms in total. The van der Waals surface area contributed by atoms with E-state index in [2.05, 4.69) is 15.1 Å². The van der Waals surface area contributed by atoms with Crippen LogP contribution in [0.4, 0.5) is 5.69 Å². The molecule has 1 amide bonds. The average molecular weight is 560 g/mol. The van der Waals surface area contributed by atoms with Gasteiger partial charge in [0.2, 0.25) is 15.9 Å². The summed E-state index contributed by atoms with van der Waals surface area (Å²) in [4.78, 5) is 23.3. The number of aromatic nitrogens is 2. The molecule has 0 bridgehead atoms. The molecule has 0 saturated carbocycles. The Balaban J connectivity index is 2.21. The van der Waals surface area contributed by atoms with Crippen LogP contribution >= 0.6 is 0 Å². The number of benzene rings is 2. The lowest BCUT2D eigenvalue weighted by Crippen LogP contribution is -2.32. The number of carbonyl (C=O) groups is 1. The van der Waals surface area contributed by atoms with Gasteiger partial charge >= 0.3 is 0 Å². The molecule has 13 heteroatoms. The Labute approximate surface area is 227 Å². The Morgan fingerprint density at radius 1 is 1.18 bits per heavy atom. The molecular weight excluding hydrogens is 526 g/mol. The van der Waals surface area contributed by atoms with E-state index in [0.717, 1.165) is 23.3 Å². The Morgan fingerprint density at radius 2 is 1.90 bits per heavy atom. The van der Waals surface area contributed by atoms with Crippen molar-refractivity contribution >= 4 is 21.6 Å². The summed E-state index contributed by atoms with van der Waals surface area (Å²) in [5, 5.41) is 18.7. The smallest absolute Gasteiger partial charge is 0.272 e. The molecule has 1 heterocycles. The third-order valence-electron chi connectivity index (χ3n) is 6.28. The Bertz CT molecular complexity index is 1480. The van der Waals surface area contributed by atoms with Crippen LogP contribution in [0.15, 0.2) is 41.3 Å². The number of rotatable bonds is 12. The van der Waals surface area contributed by atoms with Crippen molar-refractivity contribution in [3.8, 4) is 17.3 Å². The maximum absolute atomic E-state index is 13.3. The van der Waals surface area contributed by atoms with Crippen LogP contribution in [0.1, 0.15) is 47.4 Å². The van der Waals surface area contributed by atoms with E-state index in [1.807, 2.05) is 32.9 Å². The van der Waals surface area contributed by atoms with E-state index < -0.39 is 37.5 Å². The molecule has 0 aliphatic carbocycles. The van der Waals surface area contributed by atoms with Crippen molar-refractivity contribution in [2.24, 2.45) is 0 Å². The number of carbonyl (C=O) groups excluding carboxylic acids is 1. The summed E-state index contributed by atoms with van der Waals surface area (Å²) < 4.78 is 41.7. The molecule has 2 aromatic carbocycles. The lowest BCUT2D eigenvalue weighted by molar-refractivity contribution is -0.385. The van der Waals surface area contributed by atoms with Crippen molar-refractivity contribution in [2.45, 2.75) is 52.0 Å². The first kappa shape index (κ1) is 29.7. The van der Waals surface area contributed by atoms with Crippen LogP contribution in [0.25, 0.3) is 5.69 Å². The van der Waals surface area contributed by atoms with Gasteiger partial charge < -0.3 is 14.8 Å². The summed E-state index contributed by atoms with van der Waals surface area (Å²) in [6, 6.07) is 8.46. The van der Waals surface area contributed by atoms with Crippen molar-refractivity contribution in [3.63, 3.8) is 0 Å². The SMILES string of the molecule is CC[C@@H](C)NS(=O)(=O)c1cc([N+](=O)[O-])ccc1Oc1c(C)c(C(=O)NCCOC)nn1-c1cccc(C)c1C. The van der Waals surface area contributed by atoms with Gasteiger partial charge in [-0.25, -0.2) is 13.1 Å². The molecule has 3 rings (SSSR count). The first-order valence-electron chi connectivity index (χ1n) is 12.3. The standard InChI is InChI=1S/C26H33N5O7S/c1-7-17(3)29-39(35,36)23-15-20(31(33)34)11-12-22(23)38-26-19(5)24(25(32)27-13-14-37-6)28-30(26)21-10-8-9-16(2)18(21)4/h8-12,15,17,29H,7,13-14H2,1-6H3,(H,27,32)/t17-/m1/s1. The second kappa shape index (κ2) is 12.4. The predicted molar refractivity (Wildman–Crippen MR) is 145 cm³/mol. The number of aryl methyl sites for hydroxylation is 1. The zero-order chi connectivity index (χ0) is 28.9. The number of hydrogen-bond acceptors (Lipinski definition) is 8. The predicted octanol–water partition coefficient (Wildman–Crippen LogP) is 3.95. The molecule has 39 heavy (non-hydrogen) atoms. The third-order valence-corrected chi connectivity index (χ3v) is 7.89. The van der Waals surface area contributed by atoms with E-state index in [4.69, 9.17) is 9.47 Å². The molecule has 1 atom stereocenters. The molecule has 0 radical (unpaired) electrons. The van der Waals surface area contributed by atoms with Gasteiger partial charge in [-0.05, 0) is 57.4 Å². The summed E-state index contributed by atoms with van der Waals surface area (Å²) in [5.74, 6) is -0.528. The van der Waals surface area contributed by atoms with Crippen molar-refractivity contribution < 1.29 is 27.6 Å². The van der Waals surface area contributed by atoms with Gasteiger partial charge in [0, 0.05) is 37.4 Å². The van der Waals surface area contributed by atoms with Gasteiger partial charge in [-0.3, -0.25) is 14.9 Å². The number of amides is 1. The maximum atomic E-state index is 13.3. The van der Waals surface area contributed by atoms with Crippen molar-refractivity contribution in [3.05, 3.63) is 68.9 Å². The highest BCUT2D eigenvalue weighted by atomic mass is 32.2. The number of sulfonamides is 1. The second-order valence-corrected chi connectivity index (χ2v) is 10.8. The topological polar surface area (TPSA) is 155 Å². The van der Waals surface area contributed by atoms with Crippen LogP contribution in [-0.4, -0.2) is 55.3 Å². The van der Waals surface area contributed by atoms with Gasteiger partial charge in [-0.1, -0.05) is 19.1 Å². The average Bonchev–Trinajstić information content (AvgIpc) is 3.21. The molecule has 0 aliphatic rings. The fourth-order valence-electron chi connectivity index (χ4n) is 3.72. The van der Waals surface area contributed by atoms with Crippen LogP contribution in [-0.2, 0) is 14.8 Å². The summed E-state index contributed by atoms with van der Waals surface area (Å²) in [7, 11) is -2.69. The number of nitro groups is 1. The van der Waals surface area contributed by atoms with Crippen molar-refractivity contribution in [2.75, 3.05) is 20.3 Å². The van der Waals surface area contributed by atoms with E-state index in [1.54, 1.807) is 19.9 Å². The highest BCUT2D eigenvalue weighted by molar-refractivity contribution is 7.89. The quantitative estimate of drug-likeness (QED) is 0.192. The van der Waals surface area contributed by atoms with E-state index in [1.165, 1.54) is 17.9 Å². The normalized spacial score (nSPS) is 12.3. The summed E-state index contributed by atoms with van der Waals surface area (Å²) in [6.07, 6.45) is 0.504. The number of nitrogens with zero attached hydrogens (tertiary/aromatic N) is 3. The molecule has 0 fully saturated rings. The highest BCUT2D eigenvalue weighted by Crippen LogP contribution is 2.36. The minimum atomic E-state index is -4.21. The van der Waals surface area contributed by atoms with Crippen LogP contribution < -0.4 is 14.8 Å². The van der Waals surface area contributed by atoms with Gasteiger partial charge in [0.1, 0.15) is 10.6 Å². The largest absolute Gasteiger partial charge is 0.437 e. The summed E-state index contributed by atoms with van der Waals surface area (Å²) >= 11 is 0. The van der Waals surface area contributed by atoms with E-state index in [-0.39, 0.29) is 23.9 Å². The first-order chi connectivity index (χ1) is 18.4. The lowest BCUT2D eigenvalue weighted by Gasteiger charge is -2.17. The van der Waals surface area contributed by atoms with E-state index >= 15 is 0 Å². The number of nitro benzene ring substituents is 1. The summed E-state index contributed by atoms with van der Waals surface area (Å²) in [6.45, 7) is 9.50. The molecule has 3 aromatic rings. The zero-order valence-corrected chi connectivity index (χ0v) is 23.6. The molecule has 0 unspecified atom stereocenters. The Hall–Kier alpha value is -3.81. The van der Waals surface area contributed by atoms with Gasteiger partial charge in [0.15, 0.2) is 5.69 Å². The van der Waals surface area contributed by atoms with Gasteiger partial charge in [0.25, 0.3) is 11.6 Å². The van der Waals surface area contributed by atoms with Crippen LogP contribution in [0.5, 0.6) is 11.6 Å². The molecule has 0 spiro atoms. The van der Waals surface area contributed by atoms with Gasteiger partial charge in [-0.15, -0.1) is 0 Å². The van der Waals surface area contributed by atoms with Gasteiger partial charge in [-0.2, -0.15) is 9.78 Å². The number of non-ortho nitro benzene ring substituents is 1. The van der Waals surface area contributed by atoms with Crippen LogP contribution in [0.3, 0.4) is 0 Å². The molecule has 0 saturated heterocycles. The highest BCUT2D eigenvalue weighted by Gasteiger charge is 2.29. The lowest BCUT2D eigenvalue weighted by atomic mass is 10.1. The number of nitrogens with one attached hydrogen (secondary N) is 2. The van der Waals surface area contributed by atoms with Gasteiger partial charge in [0.05, 0.1) is 17.2 Å². The Kier molecular flexibility index (Phi) is 9.43. The van der Waals surface area contributed by atoms with Crippen molar-refractivity contribution in [1.29, 1.82) is 0 Å². The van der Waals surface area contributed by atoms with Crippen LogP contribution in [0, 0.1) is 30.9 Å². The molecule has 0 aliphatic heterocycles. The van der Waals surface area contributed by atoms with E-state index in [9.17, 15) is 23.3 Å². The molecular formula is C26H33N5O7S. The monoisotopic (exact) mass is 559 g/mol. The Morgan fingerprint density at radius 3 is 2.54 bits per heavy atom. The fourth-order valence-corrected chi connectivity index (χ4v) is 5.19.